The minimum absolute atomic E-state index is 0.0176. The van der Waals surface area contributed by atoms with Crippen LogP contribution in [0.1, 0.15) is 24.0 Å². The molecule has 1 unspecified atom stereocenters. The fraction of sp³-hybridized carbons (Fsp3) is 0.294. The maximum Gasteiger partial charge on any atom is 0.292 e. The summed E-state index contributed by atoms with van der Waals surface area (Å²) in [5.41, 5.74) is -0.299. The van der Waals surface area contributed by atoms with Gasteiger partial charge in [-0.05, 0) is 42.5 Å². The first-order valence-electron chi connectivity index (χ1n) is 14.3. The summed E-state index contributed by atoms with van der Waals surface area (Å²) >= 11 is 0. The lowest BCUT2D eigenvalue weighted by atomic mass is 10.1. The van der Waals surface area contributed by atoms with Crippen LogP contribution in [0.15, 0.2) is 72.8 Å². The van der Waals surface area contributed by atoms with Gasteiger partial charge >= 0.3 is 0 Å². The highest BCUT2D eigenvalue weighted by atomic mass is 32.2. The summed E-state index contributed by atoms with van der Waals surface area (Å²) < 4.78 is 56.2. The van der Waals surface area contributed by atoms with Gasteiger partial charge in [0.1, 0.15) is 24.7 Å². The fourth-order valence-electron chi connectivity index (χ4n) is 4.34. The summed E-state index contributed by atoms with van der Waals surface area (Å²) in [5, 5.41) is 19.3. The molecule has 0 heterocycles. The first-order chi connectivity index (χ1) is 22.3. The van der Waals surface area contributed by atoms with Gasteiger partial charge in [-0.3, -0.25) is 4.55 Å². The zero-order valence-corrected chi connectivity index (χ0v) is 25.8. The Bertz CT molecular complexity index is 1820. The van der Waals surface area contributed by atoms with Gasteiger partial charge in [-0.15, -0.1) is 0 Å². The molecule has 1 N–H and O–H groups in total. The molecule has 3 aromatic rings. The molecule has 0 aliphatic heterocycles. The second-order valence-corrected chi connectivity index (χ2v) is 11.3. The molecule has 0 aliphatic rings. The molecule has 1 atom stereocenters. The van der Waals surface area contributed by atoms with Gasteiger partial charge in [0.15, 0.2) is 5.44 Å². The van der Waals surface area contributed by atoms with E-state index >= 15 is 0 Å². The molecule has 0 aliphatic carbocycles. The number of benzene rings is 3. The molecule has 12 heteroatoms. The van der Waals surface area contributed by atoms with E-state index in [0.29, 0.717) is 12.2 Å². The van der Waals surface area contributed by atoms with Crippen LogP contribution in [0.25, 0.3) is 21.1 Å². The fourth-order valence-corrected chi connectivity index (χ4v) is 5.01. The first-order valence-corrected chi connectivity index (χ1v) is 15.8. The van der Waals surface area contributed by atoms with Crippen LogP contribution >= 0.6 is 0 Å². The summed E-state index contributed by atoms with van der Waals surface area (Å²) in [5.74, 6) is 0.0700. The molecule has 0 amide bonds. The van der Waals surface area contributed by atoms with Crippen molar-refractivity contribution >= 4 is 21.5 Å². The molecular weight excluding hydrogens is 608 g/mol. The van der Waals surface area contributed by atoms with E-state index in [4.69, 9.17) is 32.1 Å². The van der Waals surface area contributed by atoms with E-state index in [1.165, 1.54) is 17.7 Å². The predicted molar refractivity (Wildman–Crippen MR) is 170 cm³/mol. The number of hydrogen-bond acceptors (Lipinski definition) is 8. The van der Waals surface area contributed by atoms with Gasteiger partial charge in [0.05, 0.1) is 38.5 Å². The van der Waals surface area contributed by atoms with Crippen LogP contribution in [0.2, 0.25) is 0 Å². The SMILES string of the molecule is [C-]#[N+]/C(C#N)=c1/cc(OCCOC(Cc2ccccc2)S(=O)(=O)O)/c(=C(\C#N)[N+]#[C-])cc1OCCOCCCCc1ccccc1. The van der Waals surface area contributed by atoms with E-state index < -0.39 is 15.6 Å². The number of aryl methyl sites for hydroxylation is 1. The molecule has 0 saturated carbocycles. The van der Waals surface area contributed by atoms with Gasteiger partial charge in [-0.25, -0.2) is 20.2 Å². The number of hydrogen-bond donors (Lipinski definition) is 1. The van der Waals surface area contributed by atoms with Gasteiger partial charge in [-0.1, -0.05) is 60.7 Å². The third-order valence-electron chi connectivity index (χ3n) is 6.58. The highest BCUT2D eigenvalue weighted by Crippen LogP contribution is 2.14. The lowest BCUT2D eigenvalue weighted by molar-refractivity contribution is 0.0724. The van der Waals surface area contributed by atoms with Crippen LogP contribution in [0, 0.1) is 35.8 Å². The molecule has 0 saturated heterocycles. The van der Waals surface area contributed by atoms with Crippen molar-refractivity contribution in [2.24, 2.45) is 0 Å². The summed E-state index contributed by atoms with van der Waals surface area (Å²) in [6.07, 6.45) is 2.66. The van der Waals surface area contributed by atoms with E-state index in [0.717, 1.165) is 19.3 Å². The maximum absolute atomic E-state index is 11.9. The van der Waals surface area contributed by atoms with Crippen molar-refractivity contribution in [2.75, 3.05) is 33.0 Å². The Morgan fingerprint density at radius 3 is 1.78 bits per heavy atom. The number of unbranched alkanes of at least 4 members (excludes halogenated alkanes) is 1. The van der Waals surface area contributed by atoms with Crippen LogP contribution < -0.4 is 19.9 Å². The molecular formula is C34H32N4O7S. The van der Waals surface area contributed by atoms with Crippen LogP contribution in [0.3, 0.4) is 0 Å². The first kappa shape index (κ1) is 35.3. The summed E-state index contributed by atoms with van der Waals surface area (Å²) in [7, 11) is -4.56. The van der Waals surface area contributed by atoms with Crippen LogP contribution in [-0.4, -0.2) is 51.4 Å². The smallest absolute Gasteiger partial charge is 0.292 e. The Hall–Kier alpha value is -5.21. The molecule has 0 bridgehead atoms. The molecule has 0 aromatic heterocycles. The monoisotopic (exact) mass is 640 g/mol. The third kappa shape index (κ3) is 11.1. The number of ether oxygens (including phenoxy) is 4. The Balaban J connectivity index is 1.71. The summed E-state index contributed by atoms with van der Waals surface area (Å²) in [4.78, 5) is 6.53. The Labute approximate surface area is 268 Å². The third-order valence-corrected chi connectivity index (χ3v) is 7.55. The van der Waals surface area contributed by atoms with Gasteiger partial charge in [-0.2, -0.15) is 8.42 Å². The second-order valence-electron chi connectivity index (χ2n) is 9.75. The van der Waals surface area contributed by atoms with Crippen LogP contribution in [0.4, 0.5) is 0 Å². The summed E-state index contributed by atoms with van der Waals surface area (Å²) in [6, 6.07) is 25.0. The zero-order chi connectivity index (χ0) is 33.2. The maximum atomic E-state index is 11.9. The lowest BCUT2D eigenvalue weighted by Crippen LogP contribution is -2.29. The minimum atomic E-state index is -4.56. The van der Waals surface area contributed by atoms with Crippen molar-refractivity contribution in [3.63, 3.8) is 0 Å². The van der Waals surface area contributed by atoms with Crippen LogP contribution in [0.5, 0.6) is 11.5 Å². The topological polar surface area (TPSA) is 148 Å². The molecule has 0 spiro atoms. The van der Waals surface area contributed by atoms with E-state index in [1.54, 1.807) is 36.4 Å². The highest BCUT2D eigenvalue weighted by Gasteiger charge is 2.24. The van der Waals surface area contributed by atoms with Gasteiger partial charge in [0, 0.05) is 23.5 Å². The van der Waals surface area contributed by atoms with Crippen molar-refractivity contribution in [2.45, 2.75) is 31.1 Å². The number of nitrogens with zero attached hydrogens (tertiary/aromatic N) is 4. The number of rotatable bonds is 17. The van der Waals surface area contributed by atoms with E-state index in [1.807, 2.05) is 24.3 Å². The largest absolute Gasteiger partial charge is 0.492 e. The van der Waals surface area contributed by atoms with E-state index in [-0.39, 0.29) is 66.2 Å². The average molecular weight is 641 g/mol. The molecule has 0 fully saturated rings. The number of nitriles is 2. The molecule has 236 valence electrons. The standard InChI is InChI=1S/C34H32N4O7S/c1-37-30(24-35)28-23-33(44-19-20-45-34(46(39,40)41)21-27-14-7-4-8-15-27)29(31(25-36)38-2)22-32(28)43-18-17-42-16-10-9-13-26-11-5-3-6-12-26/h3-8,11-12,14-15,22-23,34H,9-10,13,16-21H2,(H,39,40,41)/b30-28-,31-29+. The highest BCUT2D eigenvalue weighted by molar-refractivity contribution is 7.86. The predicted octanol–water partition coefficient (Wildman–Crippen LogP) is 4.06. The van der Waals surface area contributed by atoms with Gasteiger partial charge in [0.25, 0.3) is 21.5 Å². The Morgan fingerprint density at radius 1 is 0.761 bits per heavy atom. The molecule has 11 nitrogen and oxygen atoms in total. The Kier molecular flexibility index (Phi) is 14.2. The summed E-state index contributed by atoms with van der Waals surface area (Å²) in [6.45, 7) is 15.2. The van der Waals surface area contributed by atoms with Crippen molar-refractivity contribution in [3.05, 3.63) is 117 Å². The average Bonchev–Trinajstić information content (AvgIpc) is 3.06. The van der Waals surface area contributed by atoms with Crippen molar-refractivity contribution in [1.29, 1.82) is 10.5 Å². The minimum Gasteiger partial charge on any atom is -0.492 e. The van der Waals surface area contributed by atoms with Crippen LogP contribution in [-0.2, 0) is 32.4 Å². The molecule has 3 rings (SSSR count). The second kappa shape index (κ2) is 18.6. The normalized spacial score (nSPS) is 12.8. The van der Waals surface area contributed by atoms with Crippen molar-refractivity contribution in [3.8, 4) is 23.6 Å². The van der Waals surface area contributed by atoms with Crippen molar-refractivity contribution < 1.29 is 31.9 Å². The van der Waals surface area contributed by atoms with Crippen molar-refractivity contribution in [1.82, 2.24) is 0 Å². The molecule has 46 heavy (non-hydrogen) atoms. The zero-order valence-electron chi connectivity index (χ0n) is 25.0. The molecule has 3 aromatic carbocycles. The van der Waals surface area contributed by atoms with E-state index in [2.05, 4.69) is 21.8 Å². The van der Waals surface area contributed by atoms with Gasteiger partial charge < -0.3 is 18.9 Å². The molecule has 0 radical (unpaired) electrons. The van der Waals surface area contributed by atoms with Gasteiger partial charge in [0.2, 0.25) is 0 Å². The van der Waals surface area contributed by atoms with E-state index in [9.17, 15) is 23.5 Å². The lowest BCUT2D eigenvalue weighted by Gasteiger charge is -2.16. The Morgan fingerprint density at radius 2 is 1.28 bits per heavy atom. The quantitative estimate of drug-likeness (QED) is 0.131.